The molecule has 0 N–H and O–H groups in total. The predicted molar refractivity (Wildman–Crippen MR) is 69.9 cm³/mol. The van der Waals surface area contributed by atoms with E-state index in [0.29, 0.717) is 17.4 Å². The Morgan fingerprint density at radius 2 is 1.76 bits per heavy atom. The van der Waals surface area contributed by atoms with Gasteiger partial charge < -0.3 is 9.80 Å². The molecule has 1 spiro atoms. The third-order valence-corrected chi connectivity index (χ3v) is 4.72. The van der Waals surface area contributed by atoms with Crippen LogP contribution in [-0.4, -0.2) is 47.9 Å². The van der Waals surface area contributed by atoms with Gasteiger partial charge in [0.25, 0.3) is 0 Å². The number of carbonyl (C=O) groups is 1. The Morgan fingerprint density at radius 1 is 1.18 bits per heavy atom. The summed E-state index contributed by atoms with van der Waals surface area (Å²) < 4.78 is 0. The van der Waals surface area contributed by atoms with Crippen molar-refractivity contribution < 1.29 is 4.79 Å². The quantitative estimate of drug-likeness (QED) is 0.735. The van der Waals surface area contributed by atoms with Gasteiger partial charge in [0.2, 0.25) is 5.91 Å². The van der Waals surface area contributed by atoms with E-state index in [1.54, 1.807) is 0 Å². The van der Waals surface area contributed by atoms with Gasteiger partial charge >= 0.3 is 0 Å². The van der Waals surface area contributed by atoms with Crippen molar-refractivity contribution >= 4 is 5.91 Å². The van der Waals surface area contributed by atoms with Gasteiger partial charge in [-0.2, -0.15) is 0 Å². The van der Waals surface area contributed by atoms with Crippen molar-refractivity contribution in [2.75, 3.05) is 26.2 Å². The topological polar surface area (TPSA) is 23.6 Å². The second-order valence-electron chi connectivity index (χ2n) is 6.04. The van der Waals surface area contributed by atoms with E-state index < -0.39 is 0 Å². The van der Waals surface area contributed by atoms with Crippen molar-refractivity contribution in [2.45, 2.75) is 52.5 Å². The van der Waals surface area contributed by atoms with E-state index >= 15 is 0 Å². The molecule has 2 saturated heterocycles. The van der Waals surface area contributed by atoms with Gasteiger partial charge in [-0.3, -0.25) is 4.79 Å². The van der Waals surface area contributed by atoms with Crippen molar-refractivity contribution in [3.05, 3.63) is 0 Å². The van der Waals surface area contributed by atoms with Gasteiger partial charge in [0.1, 0.15) is 0 Å². The summed E-state index contributed by atoms with van der Waals surface area (Å²) in [4.78, 5) is 16.7. The Labute approximate surface area is 105 Å². The summed E-state index contributed by atoms with van der Waals surface area (Å²) in [7, 11) is 0. The number of carbonyl (C=O) groups excluding carboxylic acids is 1. The van der Waals surface area contributed by atoms with E-state index in [4.69, 9.17) is 0 Å². The first-order chi connectivity index (χ1) is 8.06. The molecule has 2 rings (SSSR count). The van der Waals surface area contributed by atoms with Crippen molar-refractivity contribution in [2.24, 2.45) is 5.41 Å². The van der Waals surface area contributed by atoms with Gasteiger partial charge in [-0.05, 0) is 58.2 Å². The maximum absolute atomic E-state index is 12.2. The van der Waals surface area contributed by atoms with E-state index in [0.717, 1.165) is 19.5 Å². The summed E-state index contributed by atoms with van der Waals surface area (Å²) in [6, 6.07) is 0.371. The van der Waals surface area contributed by atoms with Crippen LogP contribution in [0.15, 0.2) is 0 Å². The standard InChI is InChI=1S/C14H26N2O/c1-4-15-8-5-14(6-9-15)7-10-16(12(2)3)13(17)11-14/h12H,4-11H2,1-3H3. The summed E-state index contributed by atoms with van der Waals surface area (Å²) in [6.07, 6.45) is 4.45. The van der Waals surface area contributed by atoms with Gasteiger partial charge in [-0.25, -0.2) is 0 Å². The fraction of sp³-hybridized carbons (Fsp3) is 0.929. The van der Waals surface area contributed by atoms with Crippen molar-refractivity contribution in [1.29, 1.82) is 0 Å². The van der Waals surface area contributed by atoms with Gasteiger partial charge in [-0.1, -0.05) is 6.92 Å². The van der Waals surface area contributed by atoms with Crippen molar-refractivity contribution in [3.63, 3.8) is 0 Å². The van der Waals surface area contributed by atoms with Crippen LogP contribution >= 0.6 is 0 Å². The van der Waals surface area contributed by atoms with Crippen LogP contribution in [0.5, 0.6) is 0 Å². The molecule has 0 atom stereocenters. The van der Waals surface area contributed by atoms with Crippen molar-refractivity contribution in [3.8, 4) is 0 Å². The lowest BCUT2D eigenvalue weighted by atomic mass is 9.71. The maximum atomic E-state index is 12.2. The normalized spacial score (nSPS) is 25.9. The molecular formula is C14H26N2O. The summed E-state index contributed by atoms with van der Waals surface area (Å²) in [5, 5.41) is 0. The second-order valence-corrected chi connectivity index (χ2v) is 6.04. The molecule has 0 aromatic rings. The van der Waals surface area contributed by atoms with Crippen LogP contribution in [0.3, 0.4) is 0 Å². The molecule has 0 aromatic carbocycles. The number of rotatable bonds is 2. The lowest BCUT2D eigenvalue weighted by Crippen LogP contribution is -2.50. The first-order valence-corrected chi connectivity index (χ1v) is 7.08. The predicted octanol–water partition coefficient (Wildman–Crippen LogP) is 2.12. The maximum Gasteiger partial charge on any atom is 0.223 e. The monoisotopic (exact) mass is 238 g/mol. The van der Waals surface area contributed by atoms with Gasteiger partial charge in [0, 0.05) is 19.0 Å². The van der Waals surface area contributed by atoms with Gasteiger partial charge in [-0.15, -0.1) is 0 Å². The average Bonchev–Trinajstić information content (AvgIpc) is 2.29. The largest absolute Gasteiger partial charge is 0.340 e. The molecule has 2 heterocycles. The van der Waals surface area contributed by atoms with Crippen LogP contribution in [0.4, 0.5) is 0 Å². The summed E-state index contributed by atoms with van der Waals surface area (Å²) in [6.45, 7) is 11.0. The minimum Gasteiger partial charge on any atom is -0.340 e. The Balaban J connectivity index is 1.95. The minimum absolute atomic E-state index is 0.341. The molecule has 0 aromatic heterocycles. The van der Waals surface area contributed by atoms with Crippen LogP contribution in [0, 0.1) is 5.41 Å². The highest BCUT2D eigenvalue weighted by Crippen LogP contribution is 2.41. The zero-order chi connectivity index (χ0) is 12.5. The fourth-order valence-electron chi connectivity index (χ4n) is 3.31. The summed E-state index contributed by atoms with van der Waals surface area (Å²) in [5.74, 6) is 0.385. The summed E-state index contributed by atoms with van der Waals surface area (Å²) >= 11 is 0. The number of piperidine rings is 2. The average molecular weight is 238 g/mol. The molecule has 2 aliphatic heterocycles. The van der Waals surface area contributed by atoms with Gasteiger partial charge in [0.15, 0.2) is 0 Å². The van der Waals surface area contributed by atoms with Crippen LogP contribution < -0.4 is 0 Å². The molecule has 0 unspecified atom stereocenters. The Morgan fingerprint density at radius 3 is 2.24 bits per heavy atom. The van der Waals surface area contributed by atoms with Crippen molar-refractivity contribution in [1.82, 2.24) is 9.80 Å². The van der Waals surface area contributed by atoms with Gasteiger partial charge in [0.05, 0.1) is 0 Å². The lowest BCUT2D eigenvalue weighted by Gasteiger charge is -2.47. The molecule has 3 nitrogen and oxygen atoms in total. The number of amides is 1. The Bertz CT molecular complexity index is 280. The number of nitrogens with zero attached hydrogens (tertiary/aromatic N) is 2. The molecule has 0 bridgehead atoms. The molecule has 0 aliphatic carbocycles. The van der Waals surface area contributed by atoms with E-state index in [9.17, 15) is 4.79 Å². The smallest absolute Gasteiger partial charge is 0.223 e. The molecule has 0 saturated carbocycles. The molecule has 2 aliphatic rings. The third kappa shape index (κ3) is 2.65. The highest BCUT2D eigenvalue weighted by atomic mass is 16.2. The zero-order valence-electron chi connectivity index (χ0n) is 11.5. The number of likely N-dealkylation sites (tertiary alicyclic amines) is 2. The number of hydrogen-bond acceptors (Lipinski definition) is 2. The lowest BCUT2D eigenvalue weighted by molar-refractivity contribution is -0.141. The molecule has 2 fully saturated rings. The van der Waals surface area contributed by atoms with Crippen LogP contribution in [0.1, 0.15) is 46.5 Å². The molecule has 3 heteroatoms. The minimum atomic E-state index is 0.341. The SMILES string of the molecule is CCN1CCC2(CC1)CCN(C(C)C)C(=O)C2. The first-order valence-electron chi connectivity index (χ1n) is 7.08. The van der Waals surface area contributed by atoms with E-state index in [1.807, 2.05) is 0 Å². The Kier molecular flexibility index (Phi) is 3.76. The van der Waals surface area contributed by atoms with E-state index in [2.05, 4.69) is 30.6 Å². The second kappa shape index (κ2) is 4.97. The number of hydrogen-bond donors (Lipinski definition) is 0. The van der Waals surface area contributed by atoms with E-state index in [1.165, 1.54) is 32.4 Å². The summed E-state index contributed by atoms with van der Waals surface area (Å²) in [5.41, 5.74) is 0.341. The van der Waals surface area contributed by atoms with Crippen LogP contribution in [0.25, 0.3) is 0 Å². The highest BCUT2D eigenvalue weighted by molar-refractivity contribution is 5.78. The van der Waals surface area contributed by atoms with Crippen LogP contribution in [-0.2, 0) is 4.79 Å². The molecule has 0 radical (unpaired) electrons. The molecule has 98 valence electrons. The fourth-order valence-corrected chi connectivity index (χ4v) is 3.31. The first kappa shape index (κ1) is 12.9. The van der Waals surface area contributed by atoms with Crippen LogP contribution in [0.2, 0.25) is 0 Å². The highest BCUT2D eigenvalue weighted by Gasteiger charge is 2.41. The third-order valence-electron chi connectivity index (χ3n) is 4.72. The Hall–Kier alpha value is -0.570. The molecule has 17 heavy (non-hydrogen) atoms. The zero-order valence-corrected chi connectivity index (χ0v) is 11.5. The molecule has 1 amide bonds. The molecular weight excluding hydrogens is 212 g/mol. The van der Waals surface area contributed by atoms with E-state index in [-0.39, 0.29) is 0 Å².